The Bertz CT molecular complexity index is 941. The van der Waals surface area contributed by atoms with E-state index in [4.69, 9.17) is 0 Å². The van der Waals surface area contributed by atoms with Crippen LogP contribution < -0.4 is 10.6 Å². The van der Waals surface area contributed by atoms with Crippen LogP contribution in [0.2, 0.25) is 0 Å². The maximum atomic E-state index is 13.1. The number of urea groups is 1. The lowest BCUT2D eigenvalue weighted by Gasteiger charge is -2.31. The summed E-state index contributed by atoms with van der Waals surface area (Å²) in [4.78, 5) is 39.7. The highest BCUT2D eigenvalue weighted by Crippen LogP contribution is 2.34. The zero-order chi connectivity index (χ0) is 21.8. The number of hydrogen-bond donors (Lipinski definition) is 2. The Morgan fingerprint density at radius 3 is 2.29 bits per heavy atom. The van der Waals surface area contributed by atoms with Gasteiger partial charge in [0, 0.05) is 0 Å². The standard InChI is InChI=1S/C25H29N3O3/c1-25(20-15-9-4-10-16-20)23(30)28(24(31)27-25)17-21(29)26-22(18-11-5-2-6-12-18)19-13-7-3-8-14-19/h2,4-6,9-12,15-16,19,22H,3,7-8,13-14,17H2,1H3,(H,26,29)(H,27,31). The smallest absolute Gasteiger partial charge is 0.325 e. The lowest BCUT2D eigenvalue weighted by atomic mass is 9.81. The molecule has 1 aliphatic carbocycles. The quantitative estimate of drug-likeness (QED) is 0.697. The summed E-state index contributed by atoms with van der Waals surface area (Å²) in [5, 5.41) is 5.88. The van der Waals surface area contributed by atoms with Gasteiger partial charge in [-0.15, -0.1) is 0 Å². The molecule has 2 aromatic carbocycles. The Labute approximate surface area is 183 Å². The monoisotopic (exact) mass is 419 g/mol. The number of nitrogens with zero attached hydrogens (tertiary/aromatic N) is 1. The van der Waals surface area contributed by atoms with Crippen molar-refractivity contribution < 1.29 is 14.4 Å². The second kappa shape index (κ2) is 8.92. The molecule has 0 bridgehead atoms. The first-order valence-corrected chi connectivity index (χ1v) is 11.0. The highest BCUT2D eigenvalue weighted by atomic mass is 16.2. The van der Waals surface area contributed by atoms with Gasteiger partial charge < -0.3 is 10.6 Å². The summed E-state index contributed by atoms with van der Waals surface area (Å²) < 4.78 is 0. The molecule has 0 aromatic heterocycles. The number of carbonyl (C=O) groups excluding carboxylic acids is 3. The molecule has 1 saturated heterocycles. The molecule has 2 fully saturated rings. The van der Waals surface area contributed by atoms with Gasteiger partial charge in [-0.1, -0.05) is 79.9 Å². The largest absolute Gasteiger partial charge is 0.347 e. The minimum absolute atomic E-state index is 0.115. The molecule has 2 N–H and O–H groups in total. The van der Waals surface area contributed by atoms with Crippen LogP contribution >= 0.6 is 0 Å². The van der Waals surface area contributed by atoms with Crippen molar-refractivity contribution in [2.24, 2.45) is 5.92 Å². The maximum absolute atomic E-state index is 13.1. The van der Waals surface area contributed by atoms with Crippen molar-refractivity contribution in [3.8, 4) is 0 Å². The molecule has 2 atom stereocenters. The second-order valence-corrected chi connectivity index (χ2v) is 8.67. The Morgan fingerprint density at radius 1 is 1.03 bits per heavy atom. The van der Waals surface area contributed by atoms with Gasteiger partial charge >= 0.3 is 6.03 Å². The van der Waals surface area contributed by atoms with Crippen LogP contribution in [0.1, 0.15) is 56.2 Å². The van der Waals surface area contributed by atoms with Crippen LogP contribution in [-0.4, -0.2) is 29.3 Å². The molecule has 0 radical (unpaired) electrons. The van der Waals surface area contributed by atoms with Crippen LogP contribution in [0.5, 0.6) is 0 Å². The molecule has 2 unspecified atom stereocenters. The minimum Gasteiger partial charge on any atom is -0.347 e. The predicted molar refractivity (Wildman–Crippen MR) is 118 cm³/mol. The fraction of sp³-hybridized carbons (Fsp3) is 0.400. The van der Waals surface area contributed by atoms with E-state index < -0.39 is 17.5 Å². The summed E-state index contributed by atoms with van der Waals surface area (Å²) in [5.41, 5.74) is 0.593. The molecule has 2 aliphatic rings. The lowest BCUT2D eigenvalue weighted by molar-refractivity contribution is -0.135. The summed E-state index contributed by atoms with van der Waals surface area (Å²) in [6.07, 6.45) is 5.68. The fourth-order valence-corrected chi connectivity index (χ4v) is 4.77. The van der Waals surface area contributed by atoms with Crippen molar-refractivity contribution in [1.29, 1.82) is 0 Å². The number of carbonyl (C=O) groups is 3. The minimum atomic E-state index is -1.17. The van der Waals surface area contributed by atoms with Crippen molar-refractivity contribution in [2.75, 3.05) is 6.54 Å². The van der Waals surface area contributed by atoms with Crippen molar-refractivity contribution in [1.82, 2.24) is 15.5 Å². The fourth-order valence-electron chi connectivity index (χ4n) is 4.77. The third-order valence-corrected chi connectivity index (χ3v) is 6.52. The number of nitrogens with one attached hydrogen (secondary N) is 2. The summed E-state index contributed by atoms with van der Waals surface area (Å²) >= 11 is 0. The Kier molecular flexibility index (Phi) is 6.07. The first kappa shape index (κ1) is 21.1. The van der Waals surface area contributed by atoms with E-state index >= 15 is 0 Å². The molecule has 1 saturated carbocycles. The zero-order valence-electron chi connectivity index (χ0n) is 17.8. The Hall–Kier alpha value is -3.15. The first-order chi connectivity index (χ1) is 15.0. The number of benzene rings is 2. The molecule has 2 aromatic rings. The molecule has 31 heavy (non-hydrogen) atoms. The highest BCUT2D eigenvalue weighted by molar-refractivity contribution is 6.09. The van der Waals surface area contributed by atoms with Crippen molar-refractivity contribution >= 4 is 17.8 Å². The lowest BCUT2D eigenvalue weighted by Crippen LogP contribution is -2.45. The Balaban J connectivity index is 1.49. The van der Waals surface area contributed by atoms with E-state index in [-0.39, 0.29) is 18.5 Å². The van der Waals surface area contributed by atoms with Crippen molar-refractivity contribution in [3.63, 3.8) is 0 Å². The molecule has 162 valence electrons. The number of amides is 4. The molecular formula is C25H29N3O3. The van der Waals surface area contributed by atoms with E-state index in [0.29, 0.717) is 11.5 Å². The summed E-state index contributed by atoms with van der Waals surface area (Å²) in [7, 11) is 0. The zero-order valence-corrected chi connectivity index (χ0v) is 17.8. The second-order valence-electron chi connectivity index (χ2n) is 8.67. The molecule has 4 rings (SSSR count). The van der Waals surface area contributed by atoms with E-state index in [2.05, 4.69) is 10.6 Å². The van der Waals surface area contributed by atoms with Crippen LogP contribution in [-0.2, 0) is 15.1 Å². The van der Waals surface area contributed by atoms with Crippen LogP contribution in [0.25, 0.3) is 0 Å². The van der Waals surface area contributed by atoms with E-state index in [1.165, 1.54) is 6.42 Å². The summed E-state index contributed by atoms with van der Waals surface area (Å²) in [6.45, 7) is 1.39. The normalized spacial score (nSPS) is 22.8. The van der Waals surface area contributed by atoms with Crippen molar-refractivity contribution in [3.05, 3.63) is 71.8 Å². The molecule has 4 amide bonds. The molecule has 6 heteroatoms. The van der Waals surface area contributed by atoms with Gasteiger partial charge in [0.25, 0.3) is 5.91 Å². The van der Waals surface area contributed by atoms with Gasteiger partial charge in [-0.3, -0.25) is 14.5 Å². The number of hydrogen-bond acceptors (Lipinski definition) is 3. The third kappa shape index (κ3) is 4.33. The average Bonchev–Trinajstić information content (AvgIpc) is 3.03. The van der Waals surface area contributed by atoms with Crippen LogP contribution in [0, 0.1) is 5.92 Å². The molecule has 6 nitrogen and oxygen atoms in total. The SMILES string of the molecule is CC1(c2ccccc2)NC(=O)N(CC(=O)NC(c2ccccc2)C2CCCCC2)C1=O. The maximum Gasteiger partial charge on any atom is 0.325 e. The number of rotatable bonds is 6. The van der Waals surface area contributed by atoms with Gasteiger partial charge in [-0.25, -0.2) is 4.79 Å². The van der Waals surface area contributed by atoms with Gasteiger partial charge in [0.1, 0.15) is 12.1 Å². The van der Waals surface area contributed by atoms with Gasteiger partial charge in [-0.05, 0) is 36.8 Å². The molecular weight excluding hydrogens is 390 g/mol. The number of imide groups is 1. The van der Waals surface area contributed by atoms with Crippen LogP contribution in [0.15, 0.2) is 60.7 Å². The molecule has 0 spiro atoms. The third-order valence-electron chi connectivity index (χ3n) is 6.52. The van der Waals surface area contributed by atoms with Gasteiger partial charge in [-0.2, -0.15) is 0 Å². The van der Waals surface area contributed by atoms with E-state index in [1.807, 2.05) is 48.5 Å². The average molecular weight is 420 g/mol. The topological polar surface area (TPSA) is 78.5 Å². The van der Waals surface area contributed by atoms with Gasteiger partial charge in [0.2, 0.25) is 5.91 Å². The molecule has 1 heterocycles. The van der Waals surface area contributed by atoms with Gasteiger partial charge in [0.15, 0.2) is 0 Å². The highest BCUT2D eigenvalue weighted by Gasteiger charge is 2.49. The predicted octanol–water partition coefficient (Wildman–Crippen LogP) is 3.89. The summed E-state index contributed by atoms with van der Waals surface area (Å²) in [5.74, 6) is -0.370. The van der Waals surface area contributed by atoms with Crippen LogP contribution in [0.4, 0.5) is 4.79 Å². The van der Waals surface area contributed by atoms with E-state index in [0.717, 1.165) is 36.1 Å². The Morgan fingerprint density at radius 2 is 1.65 bits per heavy atom. The van der Waals surface area contributed by atoms with E-state index in [1.54, 1.807) is 19.1 Å². The summed E-state index contributed by atoms with van der Waals surface area (Å²) in [6, 6.07) is 18.4. The van der Waals surface area contributed by atoms with Gasteiger partial charge in [0.05, 0.1) is 6.04 Å². The molecule has 1 aliphatic heterocycles. The first-order valence-electron chi connectivity index (χ1n) is 11.0. The van der Waals surface area contributed by atoms with E-state index in [9.17, 15) is 14.4 Å². The van der Waals surface area contributed by atoms with Crippen LogP contribution in [0.3, 0.4) is 0 Å². The van der Waals surface area contributed by atoms with Crippen molar-refractivity contribution in [2.45, 2.75) is 50.6 Å².